The molecule has 2 aromatic rings. The molecule has 1 heterocycles. The first-order chi connectivity index (χ1) is 19.4. The molecule has 2 atom stereocenters. The second-order valence-electron chi connectivity index (χ2n) is 10.2. The molecule has 2 N–H and O–H groups in total. The Morgan fingerprint density at radius 1 is 1.10 bits per heavy atom. The van der Waals surface area contributed by atoms with Gasteiger partial charge in [-0.25, -0.2) is 12.8 Å². The molecule has 41 heavy (non-hydrogen) atoms. The fourth-order valence-electron chi connectivity index (χ4n) is 5.25. The van der Waals surface area contributed by atoms with E-state index in [-0.39, 0.29) is 28.7 Å². The van der Waals surface area contributed by atoms with Gasteiger partial charge in [-0.15, -0.1) is 4.40 Å². The predicted molar refractivity (Wildman–Crippen MR) is 152 cm³/mol. The van der Waals surface area contributed by atoms with Crippen molar-refractivity contribution in [2.24, 2.45) is 10.3 Å². The van der Waals surface area contributed by atoms with Gasteiger partial charge in [-0.2, -0.15) is 8.42 Å². The Balaban J connectivity index is 1.64. The van der Waals surface area contributed by atoms with Crippen LogP contribution < -0.4 is 10.0 Å². The smallest absolute Gasteiger partial charge is 0.310 e. The minimum atomic E-state index is -4.26. The van der Waals surface area contributed by atoms with E-state index in [0.29, 0.717) is 18.4 Å². The number of amidine groups is 1. The fraction of sp³-hybridized carbons (Fsp3) is 0.444. The number of methoxy groups -OCH3 is 1. The number of sulfonamides is 2. The van der Waals surface area contributed by atoms with Crippen LogP contribution in [0, 0.1) is 11.7 Å². The summed E-state index contributed by atoms with van der Waals surface area (Å²) >= 11 is 0. The summed E-state index contributed by atoms with van der Waals surface area (Å²) in [4.78, 5) is 28.0. The number of ether oxygens (including phenoxy) is 1. The number of hydrogen-bond donors (Lipinski definition) is 2. The van der Waals surface area contributed by atoms with Crippen LogP contribution >= 0.6 is 0 Å². The highest BCUT2D eigenvalue weighted by molar-refractivity contribution is 7.92. The van der Waals surface area contributed by atoms with Crippen LogP contribution in [0.15, 0.2) is 51.8 Å². The molecule has 2 aromatic carbocycles. The van der Waals surface area contributed by atoms with Crippen molar-refractivity contribution < 1.29 is 35.6 Å². The molecule has 1 saturated carbocycles. The van der Waals surface area contributed by atoms with Gasteiger partial charge < -0.3 is 15.0 Å². The molecule has 1 aliphatic carbocycles. The summed E-state index contributed by atoms with van der Waals surface area (Å²) in [6, 6.07) is 9.11. The first kappa shape index (κ1) is 30.4. The van der Waals surface area contributed by atoms with E-state index in [0.717, 1.165) is 38.0 Å². The van der Waals surface area contributed by atoms with Crippen LogP contribution in [0.3, 0.4) is 0 Å². The first-order valence-corrected chi connectivity index (χ1v) is 16.5. The molecule has 1 aliphatic heterocycles. The summed E-state index contributed by atoms with van der Waals surface area (Å²) in [5.41, 5.74) is 0.841. The minimum Gasteiger partial charge on any atom is -0.469 e. The Kier molecular flexibility index (Phi) is 9.32. The van der Waals surface area contributed by atoms with Crippen LogP contribution in [0.1, 0.15) is 50.5 Å². The van der Waals surface area contributed by atoms with Crippen molar-refractivity contribution in [2.45, 2.75) is 62.4 Å². The summed E-state index contributed by atoms with van der Waals surface area (Å²) in [6.07, 6.45) is 5.12. The Labute approximate surface area is 239 Å². The van der Waals surface area contributed by atoms with Gasteiger partial charge in [0.2, 0.25) is 15.9 Å². The number of esters is 1. The van der Waals surface area contributed by atoms with Crippen LogP contribution in [0.5, 0.6) is 0 Å². The number of anilines is 2. The van der Waals surface area contributed by atoms with Crippen molar-refractivity contribution >= 4 is 49.1 Å². The zero-order valence-corrected chi connectivity index (χ0v) is 24.4. The molecule has 0 aromatic heterocycles. The molecule has 1 fully saturated rings. The van der Waals surface area contributed by atoms with Gasteiger partial charge in [0.05, 0.1) is 31.4 Å². The Hall–Kier alpha value is -3.52. The molecule has 14 heteroatoms. The minimum absolute atomic E-state index is 0.0509. The molecule has 0 saturated heterocycles. The molecule has 4 rings (SSSR count). The molecule has 0 bridgehead atoms. The van der Waals surface area contributed by atoms with Crippen molar-refractivity contribution in [1.29, 1.82) is 0 Å². The number of carbonyl (C=O) groups excluding carboxylic acids is 2. The molecule has 0 spiro atoms. The third-order valence-electron chi connectivity index (χ3n) is 7.11. The van der Waals surface area contributed by atoms with E-state index in [1.165, 1.54) is 31.4 Å². The summed E-state index contributed by atoms with van der Waals surface area (Å²) < 4.78 is 73.9. The highest BCUT2D eigenvalue weighted by atomic mass is 32.2. The lowest BCUT2D eigenvalue weighted by molar-refractivity contribution is -0.151. The van der Waals surface area contributed by atoms with Gasteiger partial charge in [-0.3, -0.25) is 14.3 Å². The molecule has 0 radical (unpaired) electrons. The van der Waals surface area contributed by atoms with Gasteiger partial charge in [0, 0.05) is 18.3 Å². The normalized spacial score (nSPS) is 20.3. The van der Waals surface area contributed by atoms with Gasteiger partial charge in [0.1, 0.15) is 16.5 Å². The molecule has 0 unspecified atom stereocenters. The van der Waals surface area contributed by atoms with Crippen molar-refractivity contribution in [3.05, 3.63) is 53.8 Å². The third-order valence-corrected chi connectivity index (χ3v) is 9.07. The van der Waals surface area contributed by atoms with Crippen LogP contribution in [0.4, 0.5) is 15.8 Å². The van der Waals surface area contributed by atoms with E-state index in [9.17, 15) is 30.8 Å². The third kappa shape index (κ3) is 7.82. The largest absolute Gasteiger partial charge is 0.469 e. The number of hydrogen-bond acceptors (Lipinski definition) is 8. The summed E-state index contributed by atoms with van der Waals surface area (Å²) in [6.45, 7) is 0.0778. The Bertz CT molecular complexity index is 1540. The predicted octanol–water partition coefficient (Wildman–Crippen LogP) is 3.64. The van der Waals surface area contributed by atoms with Gasteiger partial charge in [0.15, 0.2) is 0 Å². The van der Waals surface area contributed by atoms with Crippen LogP contribution in [-0.4, -0.2) is 58.9 Å². The average molecular weight is 609 g/mol. The maximum atomic E-state index is 13.9. The van der Waals surface area contributed by atoms with E-state index < -0.39 is 56.1 Å². The molecule has 222 valence electrons. The topological polar surface area (TPSA) is 151 Å². The van der Waals surface area contributed by atoms with Crippen molar-refractivity contribution in [3.63, 3.8) is 0 Å². The average Bonchev–Trinajstić information content (AvgIpc) is 2.87. The number of halogens is 1. The molecule has 11 nitrogen and oxygen atoms in total. The van der Waals surface area contributed by atoms with Gasteiger partial charge in [-0.05, 0) is 48.7 Å². The van der Waals surface area contributed by atoms with E-state index in [1.807, 2.05) is 0 Å². The summed E-state index contributed by atoms with van der Waals surface area (Å²) in [7, 11) is -6.59. The highest BCUT2D eigenvalue weighted by Crippen LogP contribution is 2.33. The quantitative estimate of drug-likeness (QED) is 0.431. The van der Waals surface area contributed by atoms with Crippen LogP contribution in [0.2, 0.25) is 0 Å². The SMILES string of the molecule is COC(=O)[C@@H]1CCCCCC[C@@H]1N(Cc1ccc(F)cc1)C(=O)CC1=NS(=O)(=O)c2cc(NS(C)(=O)=O)ccc2N1. The van der Waals surface area contributed by atoms with Crippen LogP contribution in [-0.2, 0) is 40.9 Å². The van der Waals surface area contributed by atoms with Crippen molar-refractivity contribution in [2.75, 3.05) is 23.4 Å². The molecule has 2 aliphatic rings. The molecule has 1 amide bonds. The Morgan fingerprint density at radius 3 is 2.44 bits per heavy atom. The van der Waals surface area contributed by atoms with Gasteiger partial charge >= 0.3 is 5.97 Å². The maximum absolute atomic E-state index is 13.9. The van der Waals surface area contributed by atoms with Crippen LogP contribution in [0.25, 0.3) is 0 Å². The number of rotatable bonds is 8. The monoisotopic (exact) mass is 608 g/mol. The number of nitrogens with one attached hydrogen (secondary N) is 2. The zero-order chi connectivity index (χ0) is 29.8. The van der Waals surface area contributed by atoms with Crippen molar-refractivity contribution in [3.8, 4) is 0 Å². The lowest BCUT2D eigenvalue weighted by Gasteiger charge is -2.37. The van der Waals surface area contributed by atoms with E-state index in [2.05, 4.69) is 14.4 Å². The van der Waals surface area contributed by atoms with E-state index >= 15 is 0 Å². The first-order valence-electron chi connectivity index (χ1n) is 13.2. The number of nitrogens with zero attached hydrogens (tertiary/aromatic N) is 2. The molecular formula is C27H33FN4O7S2. The second kappa shape index (κ2) is 12.6. The standard InChI is InChI=1S/C27H33FN4O7S2/c1-39-27(34)21-7-5-3-4-6-8-23(21)32(17-18-9-11-19(28)12-10-18)26(33)16-25-29-22-14-13-20(30-40(2,35)36)15-24(22)41(37,38)31-25/h9-15,21,23,30H,3-8,16-17H2,1-2H3,(H,29,31)/t21-,23+/m1/s1. The van der Waals surface area contributed by atoms with E-state index in [1.54, 1.807) is 17.0 Å². The zero-order valence-electron chi connectivity index (χ0n) is 22.8. The lowest BCUT2D eigenvalue weighted by atomic mass is 9.85. The number of benzene rings is 2. The maximum Gasteiger partial charge on any atom is 0.310 e. The number of amides is 1. The lowest BCUT2D eigenvalue weighted by Crippen LogP contribution is -2.48. The fourth-order valence-corrected chi connectivity index (χ4v) is 6.98. The number of carbonyl (C=O) groups is 2. The second-order valence-corrected chi connectivity index (χ2v) is 13.6. The highest BCUT2D eigenvalue weighted by Gasteiger charge is 2.37. The summed E-state index contributed by atoms with van der Waals surface area (Å²) in [5, 5.41) is 2.88. The van der Waals surface area contributed by atoms with Gasteiger partial charge in [-0.1, -0.05) is 37.8 Å². The van der Waals surface area contributed by atoms with Crippen molar-refractivity contribution in [1.82, 2.24) is 4.90 Å². The molecular weight excluding hydrogens is 575 g/mol. The Morgan fingerprint density at radius 2 is 1.78 bits per heavy atom. The van der Waals surface area contributed by atoms with E-state index in [4.69, 9.17) is 4.74 Å². The summed E-state index contributed by atoms with van der Waals surface area (Å²) in [5.74, 6) is -2.00. The number of fused-ring (bicyclic) bond motifs is 1. The van der Waals surface area contributed by atoms with Gasteiger partial charge in [0.25, 0.3) is 10.0 Å².